The zero-order chi connectivity index (χ0) is 23.1. The van der Waals surface area contributed by atoms with E-state index in [2.05, 4.69) is 18.8 Å². The Morgan fingerprint density at radius 2 is 1.25 bits per heavy atom. The molecule has 0 unspecified atom stereocenters. The van der Waals surface area contributed by atoms with Gasteiger partial charge < -0.3 is 5.73 Å². The van der Waals surface area contributed by atoms with Gasteiger partial charge in [0.15, 0.2) is 11.7 Å². The molecule has 0 heterocycles. The third-order valence-electron chi connectivity index (χ3n) is 5.04. The predicted octanol–water partition coefficient (Wildman–Crippen LogP) is 7.44. The van der Waals surface area contributed by atoms with Crippen molar-refractivity contribution in [3.63, 3.8) is 0 Å². The second-order valence-electron chi connectivity index (χ2n) is 7.46. The van der Waals surface area contributed by atoms with Crippen molar-refractivity contribution >= 4 is 17.3 Å². The SMILES string of the molecule is CCCCCc1ccc(C(F)=C(F)c2ccc(C#Cc3cc(F)c(N)c(F)c3)cc2)cc1. The molecule has 1 nitrogen and oxygen atoms in total. The van der Waals surface area contributed by atoms with E-state index in [1.165, 1.54) is 24.3 Å². The monoisotopic (exact) mass is 437 g/mol. The van der Waals surface area contributed by atoms with Crippen LogP contribution in [0.15, 0.2) is 60.7 Å². The summed E-state index contributed by atoms with van der Waals surface area (Å²) in [6.45, 7) is 2.13. The van der Waals surface area contributed by atoms with E-state index in [4.69, 9.17) is 5.73 Å². The van der Waals surface area contributed by atoms with Crippen LogP contribution in [0, 0.1) is 23.5 Å². The van der Waals surface area contributed by atoms with Crippen LogP contribution in [0.5, 0.6) is 0 Å². The van der Waals surface area contributed by atoms with Crippen LogP contribution < -0.4 is 5.73 Å². The first-order valence-electron chi connectivity index (χ1n) is 10.4. The van der Waals surface area contributed by atoms with E-state index >= 15 is 0 Å². The van der Waals surface area contributed by atoms with Gasteiger partial charge in [-0.2, -0.15) is 0 Å². The van der Waals surface area contributed by atoms with Gasteiger partial charge in [-0.25, -0.2) is 17.6 Å². The maximum atomic E-state index is 14.6. The lowest BCUT2D eigenvalue weighted by Gasteiger charge is -2.05. The van der Waals surface area contributed by atoms with Gasteiger partial charge in [-0.05, 0) is 42.7 Å². The summed E-state index contributed by atoms with van der Waals surface area (Å²) in [4.78, 5) is 0. The minimum absolute atomic E-state index is 0.0737. The van der Waals surface area contributed by atoms with Crippen molar-refractivity contribution in [2.24, 2.45) is 0 Å². The molecule has 0 bridgehead atoms. The molecule has 0 fully saturated rings. The van der Waals surface area contributed by atoms with Gasteiger partial charge in [-0.1, -0.05) is 68.0 Å². The van der Waals surface area contributed by atoms with Gasteiger partial charge in [0.25, 0.3) is 0 Å². The Kier molecular flexibility index (Phi) is 7.72. The minimum Gasteiger partial charge on any atom is -0.394 e. The summed E-state index contributed by atoms with van der Waals surface area (Å²) in [5.41, 5.74) is 6.62. The van der Waals surface area contributed by atoms with Crippen molar-refractivity contribution in [2.75, 3.05) is 5.73 Å². The molecule has 0 spiro atoms. The van der Waals surface area contributed by atoms with E-state index in [-0.39, 0.29) is 16.7 Å². The third-order valence-corrected chi connectivity index (χ3v) is 5.04. The molecule has 5 heteroatoms. The van der Waals surface area contributed by atoms with Crippen LogP contribution in [0.4, 0.5) is 23.2 Å². The predicted molar refractivity (Wildman–Crippen MR) is 122 cm³/mol. The fraction of sp³-hybridized carbons (Fsp3) is 0.185. The number of aryl methyl sites for hydroxylation is 1. The van der Waals surface area contributed by atoms with Gasteiger partial charge in [-0.15, -0.1) is 0 Å². The smallest absolute Gasteiger partial charge is 0.166 e. The van der Waals surface area contributed by atoms with Crippen molar-refractivity contribution in [2.45, 2.75) is 32.6 Å². The molecule has 164 valence electrons. The van der Waals surface area contributed by atoms with E-state index in [9.17, 15) is 17.6 Å². The average Bonchev–Trinajstić information content (AvgIpc) is 2.81. The highest BCUT2D eigenvalue weighted by Crippen LogP contribution is 2.29. The molecule has 0 aliphatic heterocycles. The molecule has 3 rings (SSSR count). The van der Waals surface area contributed by atoms with Crippen molar-refractivity contribution < 1.29 is 17.6 Å². The Balaban J connectivity index is 1.74. The van der Waals surface area contributed by atoms with Crippen LogP contribution in [0.2, 0.25) is 0 Å². The average molecular weight is 437 g/mol. The fourth-order valence-corrected chi connectivity index (χ4v) is 3.15. The highest BCUT2D eigenvalue weighted by molar-refractivity contribution is 5.83. The van der Waals surface area contributed by atoms with Crippen LogP contribution in [-0.4, -0.2) is 0 Å². The van der Waals surface area contributed by atoms with Crippen LogP contribution in [0.3, 0.4) is 0 Å². The number of nitrogen functional groups attached to an aromatic ring is 1. The number of rotatable bonds is 6. The van der Waals surface area contributed by atoms with E-state index in [0.717, 1.165) is 43.4 Å². The number of hydrogen-bond acceptors (Lipinski definition) is 1. The number of nitrogens with two attached hydrogens (primary N) is 1. The quantitative estimate of drug-likeness (QED) is 0.140. The van der Waals surface area contributed by atoms with Crippen LogP contribution in [-0.2, 0) is 6.42 Å². The summed E-state index contributed by atoms with van der Waals surface area (Å²) in [6, 6.07) is 14.7. The first-order valence-corrected chi connectivity index (χ1v) is 10.4. The largest absolute Gasteiger partial charge is 0.394 e. The van der Waals surface area contributed by atoms with Crippen molar-refractivity contribution in [1.29, 1.82) is 0 Å². The summed E-state index contributed by atoms with van der Waals surface area (Å²) < 4.78 is 56.3. The van der Waals surface area contributed by atoms with E-state index < -0.39 is 29.0 Å². The molecular formula is C27H23F4N. The first-order chi connectivity index (χ1) is 15.4. The van der Waals surface area contributed by atoms with Gasteiger partial charge >= 0.3 is 0 Å². The lowest BCUT2D eigenvalue weighted by molar-refractivity contribution is 0.591. The van der Waals surface area contributed by atoms with E-state index in [1.807, 2.05) is 12.1 Å². The van der Waals surface area contributed by atoms with E-state index in [0.29, 0.717) is 5.56 Å². The Morgan fingerprint density at radius 1 is 0.750 bits per heavy atom. The standard InChI is InChI=1S/C27H23F4N/c1-2-3-4-5-18-8-12-21(13-9-18)25(30)26(31)22-14-10-19(11-15-22)6-7-20-16-23(28)27(32)24(29)17-20/h8-17H,2-5,32H2,1H3. The van der Waals surface area contributed by atoms with E-state index in [1.54, 1.807) is 12.1 Å². The molecular weight excluding hydrogens is 414 g/mol. The summed E-state index contributed by atoms with van der Waals surface area (Å²) in [5, 5.41) is 0. The maximum Gasteiger partial charge on any atom is 0.166 e. The topological polar surface area (TPSA) is 26.0 Å². The van der Waals surface area contributed by atoms with Crippen LogP contribution in [0.1, 0.15) is 54.0 Å². The van der Waals surface area contributed by atoms with Gasteiger partial charge in [0.2, 0.25) is 0 Å². The lowest BCUT2D eigenvalue weighted by Crippen LogP contribution is -1.96. The van der Waals surface area contributed by atoms with Crippen molar-refractivity contribution in [3.05, 3.63) is 100 Å². The molecule has 0 amide bonds. The molecule has 2 N–H and O–H groups in total. The highest BCUT2D eigenvalue weighted by Gasteiger charge is 2.11. The van der Waals surface area contributed by atoms with Gasteiger partial charge in [0, 0.05) is 22.3 Å². The molecule has 0 aromatic heterocycles. The van der Waals surface area contributed by atoms with Gasteiger partial charge in [0.05, 0.1) is 0 Å². The molecule has 0 atom stereocenters. The fourth-order valence-electron chi connectivity index (χ4n) is 3.15. The highest BCUT2D eigenvalue weighted by atomic mass is 19.2. The minimum atomic E-state index is -0.967. The Hall–Kier alpha value is -3.52. The summed E-state index contributed by atoms with van der Waals surface area (Å²) in [7, 11) is 0. The molecule has 0 aliphatic carbocycles. The number of benzene rings is 3. The Labute approximate surface area is 185 Å². The zero-order valence-electron chi connectivity index (χ0n) is 17.7. The molecule has 0 saturated carbocycles. The molecule has 0 saturated heterocycles. The summed E-state index contributed by atoms with van der Waals surface area (Å²) in [6.07, 6.45) is 4.25. The first kappa shape index (κ1) is 23.1. The Morgan fingerprint density at radius 3 is 1.78 bits per heavy atom. The number of halogens is 4. The number of anilines is 1. The zero-order valence-corrected chi connectivity index (χ0v) is 17.7. The summed E-state index contributed by atoms with van der Waals surface area (Å²) in [5.74, 6) is 1.68. The Bertz CT molecular complexity index is 1140. The van der Waals surface area contributed by atoms with Crippen LogP contribution in [0.25, 0.3) is 11.7 Å². The molecule has 0 radical (unpaired) electrons. The maximum absolute atomic E-state index is 14.6. The summed E-state index contributed by atoms with van der Waals surface area (Å²) >= 11 is 0. The van der Waals surface area contributed by atoms with Gasteiger partial charge in [-0.3, -0.25) is 0 Å². The number of hydrogen-bond donors (Lipinski definition) is 1. The number of unbranched alkanes of at least 4 members (excludes halogenated alkanes) is 2. The normalized spacial score (nSPS) is 11.5. The van der Waals surface area contributed by atoms with Crippen molar-refractivity contribution in [3.8, 4) is 11.8 Å². The second kappa shape index (κ2) is 10.7. The molecule has 0 aliphatic rings. The molecule has 3 aromatic rings. The van der Waals surface area contributed by atoms with Gasteiger partial charge in [0.1, 0.15) is 17.3 Å². The van der Waals surface area contributed by atoms with Crippen molar-refractivity contribution in [1.82, 2.24) is 0 Å². The molecule has 32 heavy (non-hydrogen) atoms. The lowest BCUT2D eigenvalue weighted by atomic mass is 10.0. The molecule has 3 aromatic carbocycles. The van der Waals surface area contributed by atoms with Crippen LogP contribution >= 0.6 is 0 Å². The third kappa shape index (κ3) is 5.79. The second-order valence-corrected chi connectivity index (χ2v) is 7.46.